The van der Waals surface area contributed by atoms with Crippen LogP contribution in [0.25, 0.3) is 0 Å². The van der Waals surface area contributed by atoms with Gasteiger partial charge in [-0.2, -0.15) is 0 Å². The molecule has 4 N–H and O–H groups in total. The SMILES string of the molecule is Cc1nc(C(=O)N2CCC(N3CCCC(C(=O)O)C3)CC2)c(C)[nH]1.O=CO.O=CO. The van der Waals surface area contributed by atoms with Gasteiger partial charge >= 0.3 is 5.97 Å². The summed E-state index contributed by atoms with van der Waals surface area (Å²) >= 11 is 0. The monoisotopic (exact) mass is 426 g/mol. The number of imidazole rings is 1. The summed E-state index contributed by atoms with van der Waals surface area (Å²) in [6.45, 7) is 6.27. The van der Waals surface area contributed by atoms with Crippen LogP contribution in [0.5, 0.6) is 0 Å². The van der Waals surface area contributed by atoms with Crippen LogP contribution in [0.15, 0.2) is 0 Å². The Morgan fingerprint density at radius 2 is 1.63 bits per heavy atom. The van der Waals surface area contributed by atoms with E-state index in [4.69, 9.17) is 19.8 Å². The number of carboxylic acid groups (broad SMARTS) is 3. The topological polar surface area (TPSA) is 164 Å². The molecule has 0 bridgehead atoms. The van der Waals surface area contributed by atoms with E-state index in [2.05, 4.69) is 14.9 Å². The molecule has 1 aromatic heterocycles. The average molecular weight is 426 g/mol. The molecule has 2 saturated heterocycles. The lowest BCUT2D eigenvalue weighted by atomic mass is 9.94. The average Bonchev–Trinajstić information content (AvgIpc) is 3.07. The summed E-state index contributed by atoms with van der Waals surface area (Å²) in [5.41, 5.74) is 1.34. The third-order valence-electron chi connectivity index (χ3n) is 5.28. The molecular weight excluding hydrogens is 396 g/mol. The molecular formula is C19H30N4O7. The van der Waals surface area contributed by atoms with Gasteiger partial charge in [-0.3, -0.25) is 24.1 Å². The van der Waals surface area contributed by atoms with Crippen LogP contribution in [0.3, 0.4) is 0 Å². The van der Waals surface area contributed by atoms with E-state index in [0.717, 1.165) is 43.7 Å². The molecule has 168 valence electrons. The van der Waals surface area contributed by atoms with Gasteiger partial charge < -0.3 is 25.2 Å². The molecule has 2 aliphatic rings. The number of hydrogen-bond acceptors (Lipinski definition) is 6. The molecule has 11 nitrogen and oxygen atoms in total. The van der Waals surface area contributed by atoms with Gasteiger partial charge in [0.1, 0.15) is 11.5 Å². The van der Waals surface area contributed by atoms with Gasteiger partial charge in [0, 0.05) is 31.4 Å². The van der Waals surface area contributed by atoms with Crippen molar-refractivity contribution in [2.75, 3.05) is 26.2 Å². The molecule has 1 unspecified atom stereocenters. The highest BCUT2D eigenvalue weighted by Crippen LogP contribution is 2.24. The zero-order valence-corrected chi connectivity index (χ0v) is 17.3. The minimum absolute atomic E-state index is 0.00245. The maximum atomic E-state index is 12.6. The van der Waals surface area contributed by atoms with Gasteiger partial charge in [-0.1, -0.05) is 0 Å². The predicted octanol–water partition coefficient (Wildman–Crippen LogP) is 0.829. The lowest BCUT2D eigenvalue weighted by Gasteiger charge is -2.41. The zero-order valence-electron chi connectivity index (χ0n) is 17.3. The Labute approximate surface area is 174 Å². The van der Waals surface area contributed by atoms with E-state index in [-0.39, 0.29) is 24.8 Å². The quantitative estimate of drug-likeness (QED) is 0.512. The fourth-order valence-electron chi connectivity index (χ4n) is 3.94. The highest BCUT2D eigenvalue weighted by Gasteiger charge is 2.33. The van der Waals surface area contributed by atoms with E-state index in [9.17, 15) is 14.7 Å². The predicted molar refractivity (Wildman–Crippen MR) is 106 cm³/mol. The van der Waals surface area contributed by atoms with Crippen molar-refractivity contribution >= 4 is 24.8 Å². The molecule has 3 rings (SSSR count). The second-order valence-electron chi connectivity index (χ2n) is 7.20. The van der Waals surface area contributed by atoms with Crippen LogP contribution in [0.1, 0.15) is 47.7 Å². The van der Waals surface area contributed by atoms with Crippen LogP contribution in [-0.2, 0) is 14.4 Å². The fourth-order valence-corrected chi connectivity index (χ4v) is 3.94. The number of rotatable bonds is 3. The number of aromatic amines is 1. The highest BCUT2D eigenvalue weighted by molar-refractivity contribution is 5.93. The molecule has 2 aliphatic heterocycles. The number of nitrogens with zero attached hydrogens (tertiary/aromatic N) is 3. The Kier molecular flexibility index (Phi) is 10.5. The summed E-state index contributed by atoms with van der Waals surface area (Å²) in [6.07, 6.45) is 3.53. The first kappa shape index (κ1) is 25.1. The largest absolute Gasteiger partial charge is 0.483 e. The molecule has 2 fully saturated rings. The standard InChI is InChI=1S/C17H26N4O3.2CH2O2/c1-11-15(19-12(2)18-11)16(22)20-8-5-14(6-9-20)21-7-3-4-13(10-21)17(23)24;2*2-1-3/h13-14H,3-10H2,1-2H3,(H,18,19)(H,23,24);2*1H,(H,2,3). The molecule has 0 saturated carbocycles. The van der Waals surface area contributed by atoms with Crippen LogP contribution in [0, 0.1) is 19.8 Å². The van der Waals surface area contributed by atoms with Crippen LogP contribution >= 0.6 is 0 Å². The van der Waals surface area contributed by atoms with Gasteiger partial charge in [-0.25, -0.2) is 4.98 Å². The lowest BCUT2D eigenvalue weighted by Crippen LogP contribution is -2.50. The molecule has 0 spiro atoms. The number of amides is 1. The second kappa shape index (κ2) is 12.6. The Morgan fingerprint density at radius 1 is 1.07 bits per heavy atom. The Bertz CT molecular complexity index is 708. The van der Waals surface area contributed by atoms with Crippen LogP contribution < -0.4 is 0 Å². The molecule has 30 heavy (non-hydrogen) atoms. The van der Waals surface area contributed by atoms with Gasteiger partial charge in [0.05, 0.1) is 5.92 Å². The fraction of sp³-hybridized carbons (Fsp3) is 0.632. The maximum Gasteiger partial charge on any atom is 0.307 e. The Morgan fingerprint density at radius 3 is 2.10 bits per heavy atom. The molecule has 3 heterocycles. The third-order valence-corrected chi connectivity index (χ3v) is 5.28. The lowest BCUT2D eigenvalue weighted by molar-refractivity contribution is -0.144. The Hall–Kier alpha value is -2.95. The minimum Gasteiger partial charge on any atom is -0.483 e. The van der Waals surface area contributed by atoms with Gasteiger partial charge in [0.25, 0.3) is 18.9 Å². The van der Waals surface area contributed by atoms with Gasteiger partial charge in [0.15, 0.2) is 0 Å². The van der Waals surface area contributed by atoms with Gasteiger partial charge in [-0.05, 0) is 46.1 Å². The second-order valence-corrected chi connectivity index (χ2v) is 7.20. The van der Waals surface area contributed by atoms with E-state index < -0.39 is 5.97 Å². The summed E-state index contributed by atoms with van der Waals surface area (Å²) in [6, 6.07) is 0.387. The Balaban J connectivity index is 0.000000672. The summed E-state index contributed by atoms with van der Waals surface area (Å²) in [4.78, 5) is 52.1. The molecule has 11 heteroatoms. The van der Waals surface area contributed by atoms with Crippen LogP contribution in [-0.4, -0.2) is 92.1 Å². The third kappa shape index (κ3) is 7.14. The number of likely N-dealkylation sites (tertiary alicyclic amines) is 2. The molecule has 1 amide bonds. The minimum atomic E-state index is -0.684. The molecule has 1 atom stereocenters. The number of aromatic nitrogens is 2. The number of aliphatic carboxylic acids is 1. The van der Waals surface area contributed by atoms with Crippen molar-refractivity contribution in [1.82, 2.24) is 19.8 Å². The molecule has 0 radical (unpaired) electrons. The first-order valence-corrected chi connectivity index (χ1v) is 9.74. The van der Waals surface area contributed by atoms with Gasteiger partial charge in [-0.15, -0.1) is 0 Å². The molecule has 1 aromatic rings. The van der Waals surface area contributed by atoms with Crippen LogP contribution in [0.2, 0.25) is 0 Å². The smallest absolute Gasteiger partial charge is 0.307 e. The number of piperidine rings is 2. The van der Waals surface area contributed by atoms with Crippen molar-refractivity contribution in [3.8, 4) is 0 Å². The van der Waals surface area contributed by atoms with Crippen molar-refractivity contribution in [2.24, 2.45) is 5.92 Å². The van der Waals surface area contributed by atoms with Crippen molar-refractivity contribution in [3.63, 3.8) is 0 Å². The number of carbonyl (C=O) groups is 4. The van der Waals surface area contributed by atoms with E-state index >= 15 is 0 Å². The number of aryl methyl sites for hydroxylation is 2. The summed E-state index contributed by atoms with van der Waals surface area (Å²) in [7, 11) is 0. The van der Waals surface area contributed by atoms with Crippen LogP contribution in [0.4, 0.5) is 0 Å². The van der Waals surface area contributed by atoms with Crippen molar-refractivity contribution < 1.29 is 34.5 Å². The van der Waals surface area contributed by atoms with E-state index in [1.807, 2.05) is 18.7 Å². The number of carboxylic acids is 1. The van der Waals surface area contributed by atoms with Gasteiger partial charge in [0.2, 0.25) is 0 Å². The highest BCUT2D eigenvalue weighted by atomic mass is 16.4. The van der Waals surface area contributed by atoms with Crippen molar-refractivity contribution in [2.45, 2.75) is 45.6 Å². The zero-order chi connectivity index (χ0) is 22.7. The first-order valence-electron chi connectivity index (χ1n) is 9.74. The number of carbonyl (C=O) groups excluding carboxylic acids is 1. The molecule has 0 aromatic carbocycles. The normalized spacial score (nSPS) is 19.5. The van der Waals surface area contributed by atoms with Crippen molar-refractivity contribution in [1.29, 1.82) is 0 Å². The summed E-state index contributed by atoms with van der Waals surface area (Å²) < 4.78 is 0. The number of nitrogens with one attached hydrogen (secondary N) is 1. The van der Waals surface area contributed by atoms with E-state index in [1.54, 1.807) is 0 Å². The number of H-pyrrole nitrogens is 1. The first-order chi connectivity index (χ1) is 14.3. The maximum absolute atomic E-state index is 12.6. The summed E-state index contributed by atoms with van der Waals surface area (Å²) in [5, 5.41) is 23.0. The van der Waals surface area contributed by atoms with E-state index in [1.165, 1.54) is 0 Å². The van der Waals surface area contributed by atoms with Crippen molar-refractivity contribution in [3.05, 3.63) is 17.2 Å². The van der Waals surface area contributed by atoms with E-state index in [0.29, 0.717) is 31.4 Å². The number of hydrogen-bond donors (Lipinski definition) is 4. The molecule has 0 aliphatic carbocycles. The summed E-state index contributed by atoms with van der Waals surface area (Å²) in [5.74, 6) is -0.166.